The number of hydrogen-bond donors (Lipinski definition) is 1. The number of hydrogen-bond acceptors (Lipinski definition) is 4. The molecule has 164 valence electrons. The van der Waals surface area contributed by atoms with Crippen LogP contribution in [0.25, 0.3) is 5.69 Å². The molecular weight excluding hydrogens is 436 g/mol. The van der Waals surface area contributed by atoms with Crippen molar-refractivity contribution in [2.45, 2.75) is 20.0 Å². The second-order valence-electron chi connectivity index (χ2n) is 7.41. The van der Waals surface area contributed by atoms with Crippen LogP contribution >= 0.6 is 11.6 Å². The Balaban J connectivity index is 1.48. The van der Waals surface area contributed by atoms with Crippen LogP contribution in [-0.4, -0.2) is 15.7 Å². The number of ether oxygens (including phenoxy) is 1. The highest BCUT2D eigenvalue weighted by Gasteiger charge is 2.17. The topological polar surface area (TPSA) is 79.9 Å². The van der Waals surface area contributed by atoms with E-state index in [9.17, 15) is 4.79 Å². The summed E-state index contributed by atoms with van der Waals surface area (Å²) < 4.78 is 7.57. The number of amides is 1. The number of anilines is 1. The van der Waals surface area contributed by atoms with Gasteiger partial charge in [0.15, 0.2) is 0 Å². The monoisotopic (exact) mass is 456 g/mol. The summed E-state index contributed by atoms with van der Waals surface area (Å²) >= 11 is 6.09. The molecule has 0 aliphatic heterocycles. The molecule has 0 fully saturated rings. The first-order valence-corrected chi connectivity index (χ1v) is 10.7. The normalized spacial score (nSPS) is 10.5. The average Bonchev–Trinajstić information content (AvgIpc) is 3.21. The zero-order valence-corrected chi connectivity index (χ0v) is 18.7. The minimum atomic E-state index is -0.255. The summed E-state index contributed by atoms with van der Waals surface area (Å²) in [7, 11) is 0. The SMILES string of the molecule is Cc1c(C(=O)Nc2ccccc2COc2ccc(CC#N)cc2)cnn1-c1cccc(Cl)c1. The number of carbonyl (C=O) groups excluding carboxylic acids is 1. The lowest BCUT2D eigenvalue weighted by atomic mass is 10.1. The number of aromatic nitrogens is 2. The van der Waals surface area contributed by atoms with Gasteiger partial charge in [0, 0.05) is 16.3 Å². The quantitative estimate of drug-likeness (QED) is 0.385. The first kappa shape index (κ1) is 22.1. The van der Waals surface area contributed by atoms with E-state index in [2.05, 4.69) is 16.5 Å². The fraction of sp³-hybridized carbons (Fsp3) is 0.115. The van der Waals surface area contributed by atoms with Gasteiger partial charge >= 0.3 is 0 Å². The Morgan fingerprint density at radius 3 is 2.67 bits per heavy atom. The lowest BCUT2D eigenvalue weighted by Crippen LogP contribution is -2.15. The van der Waals surface area contributed by atoms with E-state index in [1.54, 1.807) is 23.0 Å². The van der Waals surface area contributed by atoms with Crippen LogP contribution in [0.4, 0.5) is 5.69 Å². The molecule has 0 spiro atoms. The number of carbonyl (C=O) groups is 1. The van der Waals surface area contributed by atoms with Crippen molar-refractivity contribution in [3.63, 3.8) is 0 Å². The van der Waals surface area contributed by atoms with Crippen LogP contribution in [0.2, 0.25) is 5.02 Å². The van der Waals surface area contributed by atoms with Crippen molar-refractivity contribution < 1.29 is 9.53 Å². The van der Waals surface area contributed by atoms with Crippen LogP contribution in [-0.2, 0) is 13.0 Å². The lowest BCUT2D eigenvalue weighted by molar-refractivity contribution is 0.102. The van der Waals surface area contributed by atoms with Gasteiger partial charge in [0.2, 0.25) is 0 Å². The third-order valence-corrected chi connectivity index (χ3v) is 5.41. The third-order valence-electron chi connectivity index (χ3n) is 5.17. The van der Waals surface area contributed by atoms with Crippen LogP contribution in [0.5, 0.6) is 5.75 Å². The Morgan fingerprint density at radius 1 is 1.12 bits per heavy atom. The highest BCUT2D eigenvalue weighted by Crippen LogP contribution is 2.22. The maximum Gasteiger partial charge on any atom is 0.259 e. The van der Waals surface area contributed by atoms with Crippen LogP contribution in [0.15, 0.2) is 79.0 Å². The number of rotatable bonds is 7. The molecule has 0 unspecified atom stereocenters. The van der Waals surface area contributed by atoms with Gasteiger partial charge in [-0.1, -0.05) is 48.0 Å². The first-order valence-electron chi connectivity index (χ1n) is 10.3. The van der Waals surface area contributed by atoms with Gasteiger partial charge in [0.25, 0.3) is 5.91 Å². The Hall–Kier alpha value is -4.08. The van der Waals surface area contributed by atoms with E-state index in [1.807, 2.05) is 67.6 Å². The first-order chi connectivity index (χ1) is 16.0. The lowest BCUT2D eigenvalue weighted by Gasteiger charge is -2.12. The summed E-state index contributed by atoms with van der Waals surface area (Å²) in [4.78, 5) is 13.0. The molecule has 1 heterocycles. The number of nitriles is 1. The molecule has 0 radical (unpaired) electrons. The Kier molecular flexibility index (Phi) is 6.72. The van der Waals surface area contributed by atoms with E-state index < -0.39 is 0 Å². The number of para-hydroxylation sites is 1. The fourth-order valence-electron chi connectivity index (χ4n) is 3.41. The van der Waals surface area contributed by atoms with Crippen molar-refractivity contribution in [1.82, 2.24) is 9.78 Å². The predicted molar refractivity (Wildman–Crippen MR) is 128 cm³/mol. The summed E-state index contributed by atoms with van der Waals surface area (Å²) in [6.45, 7) is 2.13. The highest BCUT2D eigenvalue weighted by atomic mass is 35.5. The summed E-state index contributed by atoms with van der Waals surface area (Å²) in [5.41, 5.74) is 4.41. The van der Waals surface area contributed by atoms with Gasteiger partial charge < -0.3 is 10.1 Å². The largest absolute Gasteiger partial charge is 0.489 e. The van der Waals surface area contributed by atoms with Crippen molar-refractivity contribution in [1.29, 1.82) is 5.26 Å². The molecule has 0 bridgehead atoms. The molecule has 0 aliphatic rings. The second kappa shape index (κ2) is 10.0. The summed E-state index contributed by atoms with van der Waals surface area (Å²) in [6.07, 6.45) is 1.91. The Bertz CT molecular complexity index is 1320. The van der Waals surface area contributed by atoms with Crippen molar-refractivity contribution in [2.75, 3.05) is 5.32 Å². The molecule has 3 aromatic carbocycles. The number of nitrogens with one attached hydrogen (secondary N) is 1. The van der Waals surface area contributed by atoms with Crippen molar-refractivity contribution in [3.8, 4) is 17.5 Å². The smallest absolute Gasteiger partial charge is 0.259 e. The zero-order valence-electron chi connectivity index (χ0n) is 18.0. The van der Waals surface area contributed by atoms with Crippen molar-refractivity contribution in [3.05, 3.63) is 106 Å². The van der Waals surface area contributed by atoms with Crippen LogP contribution in [0.3, 0.4) is 0 Å². The summed E-state index contributed by atoms with van der Waals surface area (Å²) in [6, 6.07) is 24.3. The molecule has 1 aromatic heterocycles. The minimum absolute atomic E-state index is 0.255. The van der Waals surface area contributed by atoms with E-state index in [1.165, 1.54) is 0 Å². The maximum absolute atomic E-state index is 13.0. The Labute approximate surface area is 197 Å². The van der Waals surface area contributed by atoms with Gasteiger partial charge in [0.05, 0.1) is 35.6 Å². The van der Waals surface area contributed by atoms with E-state index in [0.29, 0.717) is 34.1 Å². The molecule has 4 aromatic rings. The molecule has 33 heavy (non-hydrogen) atoms. The number of halogens is 1. The molecule has 0 saturated carbocycles. The van der Waals surface area contributed by atoms with Gasteiger partial charge in [-0.3, -0.25) is 4.79 Å². The second-order valence-corrected chi connectivity index (χ2v) is 7.85. The van der Waals surface area contributed by atoms with Crippen LogP contribution in [0.1, 0.15) is 27.2 Å². The van der Waals surface area contributed by atoms with Crippen LogP contribution < -0.4 is 10.1 Å². The third kappa shape index (κ3) is 5.22. The fourth-order valence-corrected chi connectivity index (χ4v) is 3.60. The molecule has 1 amide bonds. The molecule has 1 N–H and O–H groups in total. The van der Waals surface area contributed by atoms with Gasteiger partial charge in [-0.15, -0.1) is 0 Å². The van der Waals surface area contributed by atoms with Gasteiger partial charge in [-0.2, -0.15) is 10.4 Å². The molecule has 0 atom stereocenters. The van der Waals surface area contributed by atoms with E-state index >= 15 is 0 Å². The summed E-state index contributed by atoms with van der Waals surface area (Å²) in [5.74, 6) is 0.436. The predicted octanol–water partition coefficient (Wildman–Crippen LogP) is 5.73. The zero-order chi connectivity index (χ0) is 23.2. The average molecular weight is 457 g/mol. The van der Waals surface area contributed by atoms with Crippen molar-refractivity contribution in [2.24, 2.45) is 0 Å². The van der Waals surface area contributed by atoms with Gasteiger partial charge in [-0.05, 0) is 48.9 Å². The molecule has 6 nitrogen and oxygen atoms in total. The Morgan fingerprint density at radius 2 is 1.91 bits per heavy atom. The number of benzene rings is 3. The molecular formula is C26H21ClN4O2. The molecule has 0 aliphatic carbocycles. The number of nitrogens with zero attached hydrogens (tertiary/aromatic N) is 3. The van der Waals surface area contributed by atoms with Gasteiger partial charge in [0.1, 0.15) is 12.4 Å². The molecule has 4 rings (SSSR count). The van der Waals surface area contributed by atoms with E-state index in [-0.39, 0.29) is 12.5 Å². The van der Waals surface area contributed by atoms with Gasteiger partial charge in [-0.25, -0.2) is 4.68 Å². The van der Waals surface area contributed by atoms with Crippen LogP contribution in [0, 0.1) is 18.3 Å². The highest BCUT2D eigenvalue weighted by molar-refractivity contribution is 6.30. The maximum atomic E-state index is 13.0. The molecule has 7 heteroatoms. The molecule has 0 saturated heterocycles. The van der Waals surface area contributed by atoms with E-state index in [0.717, 1.165) is 16.8 Å². The minimum Gasteiger partial charge on any atom is -0.489 e. The standard InChI is InChI=1S/C26H21ClN4O2/c1-18-24(16-29-31(18)22-7-4-6-21(27)15-22)26(32)30-25-8-3-2-5-20(25)17-33-23-11-9-19(10-12-23)13-14-28/h2-12,15-16H,13,17H2,1H3,(H,30,32). The van der Waals surface area contributed by atoms with Crippen molar-refractivity contribution >= 4 is 23.2 Å². The van der Waals surface area contributed by atoms with E-state index in [4.69, 9.17) is 21.6 Å². The summed E-state index contributed by atoms with van der Waals surface area (Å²) in [5, 5.41) is 16.7.